The Balaban J connectivity index is 1.77. The number of hydrogen-bond donors (Lipinski definition) is 1. The summed E-state index contributed by atoms with van der Waals surface area (Å²) in [6.07, 6.45) is 2.28. The maximum Gasteiger partial charge on any atom is 0.327 e. The largest absolute Gasteiger partial charge is 0.459 e. The van der Waals surface area contributed by atoms with E-state index in [1.165, 1.54) is 48.5 Å². The number of sulfonamides is 1. The van der Waals surface area contributed by atoms with Crippen LogP contribution in [0.5, 0.6) is 11.5 Å². The van der Waals surface area contributed by atoms with Crippen LogP contribution in [0.15, 0.2) is 53.4 Å². The van der Waals surface area contributed by atoms with Crippen LogP contribution in [0.25, 0.3) is 0 Å². The minimum atomic E-state index is -3.95. The molecule has 1 saturated carbocycles. The Morgan fingerprint density at radius 1 is 0.967 bits per heavy atom. The summed E-state index contributed by atoms with van der Waals surface area (Å²) >= 11 is 0. The number of ether oxygens (including phenoxy) is 2. The van der Waals surface area contributed by atoms with Crippen LogP contribution in [0.2, 0.25) is 0 Å². The summed E-state index contributed by atoms with van der Waals surface area (Å²) in [5, 5.41) is 0. The monoisotopic (exact) mass is 435 g/mol. The Labute approximate surface area is 176 Å². The Bertz CT molecular complexity index is 989. The van der Waals surface area contributed by atoms with E-state index in [0.717, 1.165) is 12.8 Å². The van der Waals surface area contributed by atoms with Crippen molar-refractivity contribution in [2.75, 3.05) is 0 Å². The fourth-order valence-electron chi connectivity index (χ4n) is 3.34. The second-order valence-electron chi connectivity index (χ2n) is 8.42. The van der Waals surface area contributed by atoms with E-state index in [1.54, 1.807) is 20.8 Å². The molecule has 162 valence electrons. The summed E-state index contributed by atoms with van der Waals surface area (Å²) in [4.78, 5) is 12.8. The molecule has 0 aromatic heterocycles. The van der Waals surface area contributed by atoms with Gasteiger partial charge in [0.2, 0.25) is 10.0 Å². The van der Waals surface area contributed by atoms with Crippen molar-refractivity contribution >= 4 is 16.0 Å². The fraction of sp³-hybridized carbons (Fsp3) is 0.409. The highest BCUT2D eigenvalue weighted by Crippen LogP contribution is 2.34. The number of rotatable bonds is 6. The summed E-state index contributed by atoms with van der Waals surface area (Å²) in [6.45, 7) is 5.26. The first-order chi connectivity index (χ1) is 14.0. The minimum absolute atomic E-state index is 0.0174. The van der Waals surface area contributed by atoms with Gasteiger partial charge in [-0.05, 0) is 82.1 Å². The molecule has 2 aromatic carbocycles. The van der Waals surface area contributed by atoms with Crippen molar-refractivity contribution in [2.45, 2.75) is 62.5 Å². The Kier molecular flexibility index (Phi) is 6.19. The molecule has 30 heavy (non-hydrogen) atoms. The molecule has 8 heteroatoms. The normalized spacial score (nSPS) is 16.3. The molecule has 0 saturated heterocycles. The topological polar surface area (TPSA) is 81.7 Å². The highest BCUT2D eigenvalue weighted by atomic mass is 32.2. The average molecular weight is 436 g/mol. The molecule has 0 radical (unpaired) electrons. The van der Waals surface area contributed by atoms with Gasteiger partial charge in [0.25, 0.3) is 0 Å². The molecule has 2 aromatic rings. The molecular formula is C22H26FNO5S. The van der Waals surface area contributed by atoms with Gasteiger partial charge in [0, 0.05) is 0 Å². The van der Waals surface area contributed by atoms with Crippen molar-refractivity contribution in [3.8, 4) is 11.5 Å². The zero-order valence-electron chi connectivity index (χ0n) is 17.3. The lowest BCUT2D eigenvalue weighted by molar-refractivity contribution is -0.162. The highest BCUT2D eigenvalue weighted by Gasteiger charge is 2.47. The van der Waals surface area contributed by atoms with E-state index in [9.17, 15) is 17.6 Å². The zero-order valence-corrected chi connectivity index (χ0v) is 18.1. The maximum absolute atomic E-state index is 13.0. The third-order valence-electron chi connectivity index (χ3n) is 4.76. The van der Waals surface area contributed by atoms with Crippen LogP contribution in [-0.4, -0.2) is 25.5 Å². The molecular weight excluding hydrogens is 409 g/mol. The van der Waals surface area contributed by atoms with Gasteiger partial charge in [-0.1, -0.05) is 12.8 Å². The van der Waals surface area contributed by atoms with Crippen LogP contribution in [0.3, 0.4) is 0 Å². The number of nitrogens with one attached hydrogen (secondary N) is 1. The van der Waals surface area contributed by atoms with E-state index in [4.69, 9.17) is 9.47 Å². The Morgan fingerprint density at radius 2 is 1.47 bits per heavy atom. The Morgan fingerprint density at radius 3 is 1.97 bits per heavy atom. The second kappa shape index (κ2) is 8.35. The predicted molar refractivity (Wildman–Crippen MR) is 110 cm³/mol. The molecule has 3 rings (SSSR count). The van der Waals surface area contributed by atoms with Gasteiger partial charge >= 0.3 is 5.97 Å². The van der Waals surface area contributed by atoms with E-state index >= 15 is 0 Å². The summed E-state index contributed by atoms with van der Waals surface area (Å²) in [7, 11) is -3.95. The maximum atomic E-state index is 13.0. The van der Waals surface area contributed by atoms with Gasteiger partial charge in [-0.25, -0.2) is 17.6 Å². The molecule has 1 aliphatic carbocycles. The molecule has 0 unspecified atom stereocenters. The van der Waals surface area contributed by atoms with Crippen LogP contribution in [0.4, 0.5) is 4.39 Å². The quantitative estimate of drug-likeness (QED) is 0.673. The van der Waals surface area contributed by atoms with Gasteiger partial charge in [0.1, 0.15) is 28.5 Å². The second-order valence-corrected chi connectivity index (χ2v) is 10.1. The molecule has 0 amide bonds. The third kappa shape index (κ3) is 5.37. The lowest BCUT2D eigenvalue weighted by Crippen LogP contribution is -2.54. The number of esters is 1. The Hall–Kier alpha value is -2.45. The number of carbonyl (C=O) groups is 1. The summed E-state index contributed by atoms with van der Waals surface area (Å²) in [5.41, 5.74) is -1.97. The first-order valence-corrected chi connectivity index (χ1v) is 11.3. The van der Waals surface area contributed by atoms with E-state index in [2.05, 4.69) is 4.72 Å². The standard InChI is InChI=1S/C22H26FNO5S/c1-21(2,3)29-20(25)22(14-4-5-15-22)24-30(26,27)19-12-10-18(11-13-19)28-17-8-6-16(23)7-9-17/h6-13,24H,4-5,14-15H2,1-3H3. The van der Waals surface area contributed by atoms with Gasteiger partial charge in [-0.2, -0.15) is 4.72 Å². The van der Waals surface area contributed by atoms with Crippen molar-refractivity contribution in [1.29, 1.82) is 0 Å². The number of hydrogen-bond acceptors (Lipinski definition) is 5. The van der Waals surface area contributed by atoms with Crippen LogP contribution < -0.4 is 9.46 Å². The van der Waals surface area contributed by atoms with Crippen LogP contribution in [-0.2, 0) is 19.6 Å². The molecule has 6 nitrogen and oxygen atoms in total. The number of halogens is 1. The molecule has 1 N–H and O–H groups in total. The van der Waals surface area contributed by atoms with E-state index in [1.807, 2.05) is 0 Å². The highest BCUT2D eigenvalue weighted by molar-refractivity contribution is 7.89. The van der Waals surface area contributed by atoms with E-state index < -0.39 is 27.1 Å². The predicted octanol–water partition coefficient (Wildman–Crippen LogP) is 4.55. The number of carbonyl (C=O) groups excluding carboxylic acids is 1. The van der Waals surface area contributed by atoms with Gasteiger partial charge in [0.05, 0.1) is 4.90 Å². The molecule has 0 bridgehead atoms. The first kappa shape index (κ1) is 22.2. The summed E-state index contributed by atoms with van der Waals surface area (Å²) in [5.74, 6) is -0.0868. The lowest BCUT2D eigenvalue weighted by atomic mass is 9.99. The van der Waals surface area contributed by atoms with Crippen LogP contribution in [0.1, 0.15) is 46.5 Å². The molecule has 0 heterocycles. The van der Waals surface area contributed by atoms with E-state index in [0.29, 0.717) is 24.3 Å². The van der Waals surface area contributed by atoms with Crippen molar-refractivity contribution in [3.63, 3.8) is 0 Å². The molecule has 1 fully saturated rings. The smallest absolute Gasteiger partial charge is 0.327 e. The van der Waals surface area contributed by atoms with Gasteiger partial charge in [-0.3, -0.25) is 0 Å². The van der Waals surface area contributed by atoms with Gasteiger partial charge in [-0.15, -0.1) is 0 Å². The minimum Gasteiger partial charge on any atom is -0.459 e. The summed E-state index contributed by atoms with van der Waals surface area (Å²) < 4.78 is 52.6. The van der Waals surface area contributed by atoms with Gasteiger partial charge in [0.15, 0.2) is 0 Å². The van der Waals surface area contributed by atoms with Crippen molar-refractivity contribution < 1.29 is 27.1 Å². The third-order valence-corrected chi connectivity index (χ3v) is 6.31. The van der Waals surface area contributed by atoms with E-state index in [-0.39, 0.29) is 10.7 Å². The SMILES string of the molecule is CC(C)(C)OC(=O)C1(NS(=O)(=O)c2ccc(Oc3ccc(F)cc3)cc2)CCCC1. The number of benzene rings is 2. The van der Waals surface area contributed by atoms with Crippen molar-refractivity contribution in [1.82, 2.24) is 4.72 Å². The first-order valence-electron chi connectivity index (χ1n) is 9.80. The zero-order chi connectivity index (χ0) is 22.0. The summed E-state index contributed by atoms with van der Waals surface area (Å²) in [6, 6.07) is 11.3. The van der Waals surface area contributed by atoms with Crippen molar-refractivity contribution in [2.24, 2.45) is 0 Å². The van der Waals surface area contributed by atoms with Crippen LogP contribution in [0, 0.1) is 5.82 Å². The van der Waals surface area contributed by atoms with Gasteiger partial charge < -0.3 is 9.47 Å². The van der Waals surface area contributed by atoms with Crippen LogP contribution >= 0.6 is 0 Å². The molecule has 0 atom stereocenters. The fourth-order valence-corrected chi connectivity index (χ4v) is 4.76. The lowest BCUT2D eigenvalue weighted by Gasteiger charge is -2.31. The average Bonchev–Trinajstić information content (AvgIpc) is 3.12. The molecule has 1 aliphatic rings. The molecule has 0 spiro atoms. The van der Waals surface area contributed by atoms with Crippen molar-refractivity contribution in [3.05, 3.63) is 54.3 Å². The molecule has 0 aliphatic heterocycles.